The molecular weight excluding hydrogens is 188 g/mol. The van der Waals surface area contributed by atoms with Gasteiger partial charge in [-0.1, -0.05) is 20.8 Å². The van der Waals surface area contributed by atoms with Gasteiger partial charge in [-0.15, -0.1) is 0 Å². The summed E-state index contributed by atoms with van der Waals surface area (Å²) in [6.45, 7) is 7.81. The quantitative estimate of drug-likeness (QED) is 0.826. The topological polar surface area (TPSA) is 48.1 Å². The highest BCUT2D eigenvalue weighted by atomic mass is 16.5. The van der Waals surface area contributed by atoms with Crippen molar-refractivity contribution < 1.29 is 4.74 Å². The van der Waals surface area contributed by atoms with Gasteiger partial charge in [-0.05, 0) is 24.0 Å². The summed E-state index contributed by atoms with van der Waals surface area (Å²) >= 11 is 0. The van der Waals surface area contributed by atoms with E-state index in [0.717, 1.165) is 24.5 Å². The van der Waals surface area contributed by atoms with Crippen LogP contribution in [0.25, 0.3) is 0 Å². The Labute approximate surface area is 91.7 Å². The minimum atomic E-state index is 0.310. The van der Waals surface area contributed by atoms with Crippen LogP contribution in [-0.4, -0.2) is 11.6 Å². The van der Waals surface area contributed by atoms with Crippen LogP contribution in [0, 0.1) is 5.41 Å². The Hall–Kier alpha value is -1.09. The monoisotopic (exact) mass is 208 g/mol. The molecule has 0 radical (unpaired) electrons. The minimum Gasteiger partial charge on any atom is -0.492 e. The molecule has 3 heteroatoms. The van der Waals surface area contributed by atoms with Gasteiger partial charge in [0.2, 0.25) is 0 Å². The zero-order valence-corrected chi connectivity index (χ0v) is 9.79. The summed E-state index contributed by atoms with van der Waals surface area (Å²) in [7, 11) is 0. The lowest BCUT2D eigenvalue weighted by Gasteiger charge is -2.17. The van der Waals surface area contributed by atoms with E-state index in [1.54, 1.807) is 6.20 Å². The van der Waals surface area contributed by atoms with Crippen molar-refractivity contribution in [3.05, 3.63) is 24.0 Å². The van der Waals surface area contributed by atoms with Gasteiger partial charge in [-0.25, -0.2) is 0 Å². The van der Waals surface area contributed by atoms with Crippen molar-refractivity contribution in [1.29, 1.82) is 0 Å². The van der Waals surface area contributed by atoms with Gasteiger partial charge in [-0.3, -0.25) is 4.98 Å². The molecule has 3 nitrogen and oxygen atoms in total. The predicted octanol–water partition coefficient (Wildman–Crippen LogP) is 2.36. The lowest BCUT2D eigenvalue weighted by Crippen LogP contribution is -2.11. The molecule has 0 aromatic carbocycles. The third-order valence-corrected chi connectivity index (χ3v) is 2.13. The van der Waals surface area contributed by atoms with Crippen LogP contribution in [0.5, 0.6) is 5.75 Å². The molecule has 1 heterocycles. The molecule has 0 fully saturated rings. The van der Waals surface area contributed by atoms with Crippen molar-refractivity contribution in [1.82, 2.24) is 4.98 Å². The van der Waals surface area contributed by atoms with Crippen molar-refractivity contribution in [3.63, 3.8) is 0 Å². The van der Waals surface area contributed by atoms with E-state index in [4.69, 9.17) is 10.5 Å². The predicted molar refractivity (Wildman–Crippen MR) is 61.7 cm³/mol. The molecule has 84 valence electrons. The average Bonchev–Trinajstić information content (AvgIpc) is 2.17. The minimum absolute atomic E-state index is 0.310. The number of hydrogen-bond donors (Lipinski definition) is 1. The molecule has 0 aliphatic carbocycles. The van der Waals surface area contributed by atoms with Crippen LogP contribution >= 0.6 is 0 Å². The van der Waals surface area contributed by atoms with E-state index in [1.165, 1.54) is 0 Å². The second-order valence-corrected chi connectivity index (χ2v) is 4.85. The zero-order valence-electron chi connectivity index (χ0n) is 9.79. The highest BCUT2D eigenvalue weighted by molar-refractivity contribution is 5.19. The zero-order chi connectivity index (χ0) is 11.3. The Bertz CT molecular complexity index is 287. The van der Waals surface area contributed by atoms with Crippen LogP contribution in [0.2, 0.25) is 0 Å². The number of rotatable bonds is 4. The van der Waals surface area contributed by atoms with Crippen LogP contribution < -0.4 is 10.5 Å². The molecule has 2 N–H and O–H groups in total. The van der Waals surface area contributed by atoms with E-state index < -0.39 is 0 Å². The second kappa shape index (κ2) is 5.12. The van der Waals surface area contributed by atoms with Crippen molar-refractivity contribution >= 4 is 0 Å². The van der Waals surface area contributed by atoms with Gasteiger partial charge in [0, 0.05) is 6.54 Å². The Morgan fingerprint density at radius 1 is 1.33 bits per heavy atom. The van der Waals surface area contributed by atoms with Gasteiger partial charge < -0.3 is 10.5 Å². The lowest BCUT2D eigenvalue weighted by molar-refractivity contribution is 0.242. The summed E-state index contributed by atoms with van der Waals surface area (Å²) < 4.78 is 5.58. The van der Waals surface area contributed by atoms with Gasteiger partial charge in [0.1, 0.15) is 5.75 Å². The summed E-state index contributed by atoms with van der Waals surface area (Å²) in [5.41, 5.74) is 6.65. The maximum absolute atomic E-state index is 5.58. The number of pyridine rings is 1. The van der Waals surface area contributed by atoms with Crippen LogP contribution in [-0.2, 0) is 6.54 Å². The highest BCUT2D eigenvalue weighted by Gasteiger charge is 2.09. The largest absolute Gasteiger partial charge is 0.492 e. The van der Waals surface area contributed by atoms with Gasteiger partial charge >= 0.3 is 0 Å². The highest BCUT2D eigenvalue weighted by Crippen LogP contribution is 2.19. The number of hydrogen-bond acceptors (Lipinski definition) is 3. The smallest absolute Gasteiger partial charge is 0.137 e. The summed E-state index contributed by atoms with van der Waals surface area (Å²) in [6, 6.07) is 3.81. The molecule has 0 saturated heterocycles. The molecule has 0 bridgehead atoms. The van der Waals surface area contributed by atoms with E-state index in [0.29, 0.717) is 12.0 Å². The van der Waals surface area contributed by atoms with Gasteiger partial charge in [0.05, 0.1) is 18.5 Å². The number of aromatic nitrogens is 1. The normalized spacial score (nSPS) is 11.5. The molecule has 1 rings (SSSR count). The van der Waals surface area contributed by atoms with Gasteiger partial charge in [-0.2, -0.15) is 0 Å². The Kier molecular flexibility index (Phi) is 4.09. The van der Waals surface area contributed by atoms with Crippen LogP contribution in [0.4, 0.5) is 0 Å². The van der Waals surface area contributed by atoms with Crippen molar-refractivity contribution in [2.45, 2.75) is 33.7 Å². The fourth-order valence-electron chi connectivity index (χ4n) is 1.09. The third kappa shape index (κ3) is 4.79. The van der Waals surface area contributed by atoms with E-state index in [9.17, 15) is 0 Å². The molecule has 0 saturated carbocycles. The SMILES string of the molecule is CC(C)(C)CCOc1ccc(CN)nc1. The average molecular weight is 208 g/mol. The maximum Gasteiger partial charge on any atom is 0.137 e. The number of nitrogens with two attached hydrogens (primary N) is 1. The summed E-state index contributed by atoms with van der Waals surface area (Å²) in [5.74, 6) is 0.816. The van der Waals surface area contributed by atoms with E-state index in [-0.39, 0.29) is 0 Å². The fraction of sp³-hybridized carbons (Fsp3) is 0.583. The summed E-state index contributed by atoms with van der Waals surface area (Å²) in [4.78, 5) is 4.16. The van der Waals surface area contributed by atoms with Crippen molar-refractivity contribution in [2.75, 3.05) is 6.61 Å². The van der Waals surface area contributed by atoms with E-state index in [2.05, 4.69) is 25.8 Å². The molecule has 1 aromatic heterocycles. The summed E-state index contributed by atoms with van der Waals surface area (Å²) in [5, 5.41) is 0. The number of ether oxygens (including phenoxy) is 1. The van der Waals surface area contributed by atoms with E-state index >= 15 is 0 Å². The third-order valence-electron chi connectivity index (χ3n) is 2.13. The maximum atomic E-state index is 5.58. The van der Waals surface area contributed by atoms with Crippen LogP contribution in [0.3, 0.4) is 0 Å². The second-order valence-electron chi connectivity index (χ2n) is 4.85. The molecule has 0 spiro atoms. The first-order chi connectivity index (χ1) is 7.01. The first kappa shape index (κ1) is 12.0. The molecule has 0 aliphatic rings. The molecule has 0 amide bonds. The van der Waals surface area contributed by atoms with Crippen molar-refractivity contribution in [2.24, 2.45) is 11.1 Å². The molecule has 15 heavy (non-hydrogen) atoms. The molecule has 0 aliphatic heterocycles. The Balaban J connectivity index is 2.38. The van der Waals surface area contributed by atoms with Gasteiger partial charge in [0.25, 0.3) is 0 Å². The standard InChI is InChI=1S/C12H20N2O/c1-12(2,3)6-7-15-11-5-4-10(8-13)14-9-11/h4-5,9H,6-8,13H2,1-3H3. The summed E-state index contributed by atoms with van der Waals surface area (Å²) in [6.07, 6.45) is 2.76. The number of nitrogens with zero attached hydrogens (tertiary/aromatic N) is 1. The molecule has 1 aromatic rings. The lowest BCUT2D eigenvalue weighted by atomic mass is 9.93. The van der Waals surface area contributed by atoms with Crippen molar-refractivity contribution in [3.8, 4) is 5.75 Å². The van der Waals surface area contributed by atoms with Crippen LogP contribution in [0.1, 0.15) is 32.9 Å². The van der Waals surface area contributed by atoms with Gasteiger partial charge in [0.15, 0.2) is 0 Å². The first-order valence-electron chi connectivity index (χ1n) is 5.29. The molecule has 0 atom stereocenters. The fourth-order valence-corrected chi connectivity index (χ4v) is 1.09. The van der Waals surface area contributed by atoms with Crippen LogP contribution in [0.15, 0.2) is 18.3 Å². The van der Waals surface area contributed by atoms with E-state index in [1.807, 2.05) is 12.1 Å². The Morgan fingerprint density at radius 3 is 2.53 bits per heavy atom. The first-order valence-corrected chi connectivity index (χ1v) is 5.29. The molecule has 0 unspecified atom stereocenters. The molecular formula is C12H20N2O. The Morgan fingerprint density at radius 2 is 2.07 bits per heavy atom.